The predicted octanol–water partition coefficient (Wildman–Crippen LogP) is 4.88. The van der Waals surface area contributed by atoms with Crippen molar-refractivity contribution >= 4 is 6.29 Å². The average molecular weight is 271 g/mol. The molecule has 0 aliphatic heterocycles. The monoisotopic (exact) mass is 270 g/mol. The topological polar surface area (TPSA) is 17.1 Å². The Bertz CT molecular complexity index is 126. The molecule has 1 nitrogen and oxygen atoms in total. The maximum atomic E-state index is 10.1. The zero-order valence-corrected chi connectivity index (χ0v) is 11.8. The summed E-state index contributed by atoms with van der Waals surface area (Å²) in [5.41, 5.74) is 0. The normalized spacial score (nSPS) is 9.81. The molecule has 0 spiro atoms. The molecule has 16 heavy (non-hydrogen) atoms. The molecule has 0 saturated heterocycles. The fourth-order valence-electron chi connectivity index (χ4n) is 1.89. The zero-order chi connectivity index (χ0) is 11.2. The van der Waals surface area contributed by atoms with Crippen molar-refractivity contribution in [3.63, 3.8) is 0 Å². The SMILES string of the molecule is CCCCCCCCCCCCCC=O.[Ni]. The molecule has 0 aromatic rings. The first-order valence-electron chi connectivity index (χ1n) is 6.85. The molecular formula is C14H28NiO. The molecular weight excluding hydrogens is 243 g/mol. The van der Waals surface area contributed by atoms with Gasteiger partial charge in [-0.2, -0.15) is 0 Å². The van der Waals surface area contributed by atoms with E-state index in [4.69, 9.17) is 0 Å². The maximum Gasteiger partial charge on any atom is 0.119 e. The first-order valence-corrected chi connectivity index (χ1v) is 6.85. The molecule has 0 N–H and O–H groups in total. The second-order valence-electron chi connectivity index (χ2n) is 4.49. The van der Waals surface area contributed by atoms with Crippen molar-refractivity contribution in [2.24, 2.45) is 0 Å². The van der Waals surface area contributed by atoms with Crippen molar-refractivity contribution in [3.05, 3.63) is 0 Å². The zero-order valence-electron chi connectivity index (χ0n) is 10.8. The summed E-state index contributed by atoms with van der Waals surface area (Å²) in [6.07, 6.45) is 16.7. The standard InChI is InChI=1S/C14H28O.Ni/c1-2-3-4-5-6-7-8-9-10-11-12-13-14-15;/h14H,2-13H2,1H3;. The Morgan fingerprint density at radius 1 is 0.688 bits per heavy atom. The van der Waals surface area contributed by atoms with E-state index in [1.165, 1.54) is 64.2 Å². The van der Waals surface area contributed by atoms with Crippen LogP contribution in [0.5, 0.6) is 0 Å². The molecule has 0 bridgehead atoms. The van der Waals surface area contributed by atoms with Crippen LogP contribution in [0.4, 0.5) is 0 Å². The predicted molar refractivity (Wildman–Crippen MR) is 67.1 cm³/mol. The molecule has 0 atom stereocenters. The third-order valence-corrected chi connectivity index (χ3v) is 2.93. The quantitative estimate of drug-likeness (QED) is 0.281. The van der Waals surface area contributed by atoms with Crippen molar-refractivity contribution in [2.45, 2.75) is 84.0 Å². The molecule has 0 unspecified atom stereocenters. The Hall–Kier alpha value is 0.164. The summed E-state index contributed by atoms with van der Waals surface area (Å²) in [4.78, 5) is 10.1. The van der Waals surface area contributed by atoms with Gasteiger partial charge in [-0.3, -0.25) is 0 Å². The number of rotatable bonds is 12. The van der Waals surface area contributed by atoms with Crippen molar-refractivity contribution in [3.8, 4) is 0 Å². The summed E-state index contributed by atoms with van der Waals surface area (Å²) >= 11 is 0. The van der Waals surface area contributed by atoms with Gasteiger partial charge in [0.05, 0.1) is 0 Å². The summed E-state index contributed by atoms with van der Waals surface area (Å²) in [5, 5.41) is 0. The minimum atomic E-state index is 0. The van der Waals surface area contributed by atoms with Crippen molar-refractivity contribution in [1.82, 2.24) is 0 Å². The Morgan fingerprint density at radius 2 is 1.06 bits per heavy atom. The van der Waals surface area contributed by atoms with E-state index in [-0.39, 0.29) is 16.5 Å². The van der Waals surface area contributed by atoms with E-state index in [0.29, 0.717) is 0 Å². The van der Waals surface area contributed by atoms with E-state index in [9.17, 15) is 4.79 Å². The Labute approximate surface area is 112 Å². The first kappa shape index (κ1) is 18.5. The maximum absolute atomic E-state index is 10.1. The third-order valence-electron chi connectivity index (χ3n) is 2.93. The van der Waals surface area contributed by atoms with Gasteiger partial charge in [-0.1, -0.05) is 71.1 Å². The summed E-state index contributed by atoms with van der Waals surface area (Å²) in [6, 6.07) is 0. The Morgan fingerprint density at radius 3 is 1.44 bits per heavy atom. The van der Waals surface area contributed by atoms with Gasteiger partial charge >= 0.3 is 0 Å². The van der Waals surface area contributed by atoms with E-state index < -0.39 is 0 Å². The largest absolute Gasteiger partial charge is 0.303 e. The molecule has 100 valence electrons. The fraction of sp³-hybridized carbons (Fsp3) is 0.929. The molecule has 0 radical (unpaired) electrons. The van der Waals surface area contributed by atoms with Crippen LogP contribution in [-0.2, 0) is 21.3 Å². The summed E-state index contributed by atoms with van der Waals surface area (Å²) in [5.74, 6) is 0. The van der Waals surface area contributed by atoms with E-state index in [0.717, 1.165) is 19.1 Å². The van der Waals surface area contributed by atoms with Crippen LogP contribution < -0.4 is 0 Å². The van der Waals surface area contributed by atoms with Crippen LogP contribution in [0.25, 0.3) is 0 Å². The van der Waals surface area contributed by atoms with Gasteiger partial charge in [-0.25, -0.2) is 0 Å². The molecule has 0 rings (SSSR count). The molecule has 0 saturated carbocycles. The number of carbonyl (C=O) groups excluding carboxylic acids is 1. The van der Waals surface area contributed by atoms with Crippen molar-refractivity contribution < 1.29 is 21.3 Å². The van der Waals surface area contributed by atoms with Crippen LogP contribution in [0.2, 0.25) is 0 Å². The summed E-state index contributed by atoms with van der Waals surface area (Å²) < 4.78 is 0. The van der Waals surface area contributed by atoms with Crippen LogP contribution >= 0.6 is 0 Å². The second-order valence-corrected chi connectivity index (χ2v) is 4.49. The van der Waals surface area contributed by atoms with E-state index in [1.54, 1.807) is 0 Å². The van der Waals surface area contributed by atoms with E-state index in [1.807, 2.05) is 0 Å². The first-order chi connectivity index (χ1) is 7.41. The Balaban J connectivity index is 0. The molecule has 0 fully saturated rings. The van der Waals surface area contributed by atoms with Gasteiger partial charge in [0.2, 0.25) is 0 Å². The van der Waals surface area contributed by atoms with Crippen LogP contribution in [0.3, 0.4) is 0 Å². The number of unbranched alkanes of at least 4 members (excludes halogenated alkanes) is 11. The Kier molecular flexibility index (Phi) is 20.3. The third kappa shape index (κ3) is 16.6. The number of carbonyl (C=O) groups is 1. The van der Waals surface area contributed by atoms with Gasteiger partial charge in [0.25, 0.3) is 0 Å². The van der Waals surface area contributed by atoms with Gasteiger partial charge < -0.3 is 4.79 Å². The van der Waals surface area contributed by atoms with E-state index in [2.05, 4.69) is 6.92 Å². The van der Waals surface area contributed by atoms with Crippen molar-refractivity contribution in [1.29, 1.82) is 0 Å². The molecule has 2 heteroatoms. The summed E-state index contributed by atoms with van der Waals surface area (Å²) in [7, 11) is 0. The molecule has 0 amide bonds. The van der Waals surface area contributed by atoms with Gasteiger partial charge in [-0.05, 0) is 6.42 Å². The minimum absolute atomic E-state index is 0. The van der Waals surface area contributed by atoms with Crippen LogP contribution in [-0.4, -0.2) is 6.29 Å². The molecule has 0 aliphatic carbocycles. The van der Waals surface area contributed by atoms with Gasteiger partial charge in [0.1, 0.15) is 6.29 Å². The number of aldehydes is 1. The van der Waals surface area contributed by atoms with Crippen LogP contribution in [0, 0.1) is 0 Å². The van der Waals surface area contributed by atoms with Crippen molar-refractivity contribution in [2.75, 3.05) is 0 Å². The fourth-order valence-corrected chi connectivity index (χ4v) is 1.89. The van der Waals surface area contributed by atoms with Gasteiger partial charge in [0, 0.05) is 22.9 Å². The van der Waals surface area contributed by atoms with Crippen LogP contribution in [0.1, 0.15) is 84.0 Å². The molecule has 0 aromatic heterocycles. The van der Waals surface area contributed by atoms with Crippen LogP contribution in [0.15, 0.2) is 0 Å². The average Bonchev–Trinajstić information content (AvgIpc) is 2.26. The number of hydrogen-bond donors (Lipinski definition) is 0. The second kappa shape index (κ2) is 17.6. The van der Waals surface area contributed by atoms with Gasteiger partial charge in [-0.15, -0.1) is 0 Å². The van der Waals surface area contributed by atoms with E-state index >= 15 is 0 Å². The minimum Gasteiger partial charge on any atom is -0.303 e. The molecule has 0 aliphatic rings. The van der Waals surface area contributed by atoms with Gasteiger partial charge in [0.15, 0.2) is 0 Å². The smallest absolute Gasteiger partial charge is 0.119 e. The summed E-state index contributed by atoms with van der Waals surface area (Å²) in [6.45, 7) is 2.26. The molecule has 0 aromatic carbocycles. The number of hydrogen-bond acceptors (Lipinski definition) is 1. The molecule has 0 heterocycles.